The van der Waals surface area contributed by atoms with Gasteiger partial charge in [-0.3, -0.25) is 4.79 Å². The van der Waals surface area contributed by atoms with Crippen LogP contribution in [0.1, 0.15) is 15.9 Å². The minimum Gasteiger partial charge on any atom is -0.486 e. The molecule has 3 rings (SSSR count). The predicted octanol–water partition coefficient (Wildman–Crippen LogP) is 3.19. The Morgan fingerprint density at radius 3 is 2.73 bits per heavy atom. The fraction of sp³-hybridized carbons (Fsp3) is 0.235. The molecule has 0 radical (unpaired) electrons. The van der Waals surface area contributed by atoms with Gasteiger partial charge in [-0.05, 0) is 42.3 Å². The van der Waals surface area contributed by atoms with Crippen LogP contribution < -0.4 is 14.8 Å². The first-order valence-electron chi connectivity index (χ1n) is 7.15. The second-order valence-electron chi connectivity index (χ2n) is 4.99. The summed E-state index contributed by atoms with van der Waals surface area (Å²) >= 11 is 3.36. The van der Waals surface area contributed by atoms with Gasteiger partial charge in [0.25, 0.3) is 5.91 Å². The highest BCUT2D eigenvalue weighted by Gasteiger charge is 2.12. The molecule has 22 heavy (non-hydrogen) atoms. The number of ether oxygens (including phenoxy) is 2. The van der Waals surface area contributed by atoms with Crippen molar-refractivity contribution in [2.45, 2.75) is 6.42 Å². The minimum absolute atomic E-state index is 0.0705. The third-order valence-electron chi connectivity index (χ3n) is 3.39. The topological polar surface area (TPSA) is 47.6 Å². The standard InChI is InChI=1S/C17H16BrNO3/c18-14-3-1-2-13(11-14)17(20)19-7-6-12-4-5-15-16(10-12)22-9-8-21-15/h1-5,10-11H,6-9H2,(H,19,20). The second-order valence-corrected chi connectivity index (χ2v) is 5.91. The van der Waals surface area contributed by atoms with Gasteiger partial charge in [0.2, 0.25) is 0 Å². The molecule has 2 aromatic carbocycles. The van der Waals surface area contributed by atoms with Crippen LogP contribution in [0, 0.1) is 0 Å². The van der Waals surface area contributed by atoms with Gasteiger partial charge >= 0.3 is 0 Å². The molecule has 0 saturated heterocycles. The first kappa shape index (κ1) is 14.9. The van der Waals surface area contributed by atoms with E-state index >= 15 is 0 Å². The highest BCUT2D eigenvalue weighted by molar-refractivity contribution is 9.10. The summed E-state index contributed by atoms with van der Waals surface area (Å²) in [6.07, 6.45) is 0.746. The Labute approximate surface area is 137 Å². The van der Waals surface area contributed by atoms with Crippen LogP contribution in [-0.4, -0.2) is 25.7 Å². The zero-order valence-corrected chi connectivity index (χ0v) is 13.6. The molecular formula is C17H16BrNO3. The van der Waals surface area contributed by atoms with Crippen molar-refractivity contribution in [2.75, 3.05) is 19.8 Å². The number of carbonyl (C=O) groups is 1. The van der Waals surface area contributed by atoms with Crippen molar-refractivity contribution in [1.82, 2.24) is 5.32 Å². The minimum atomic E-state index is -0.0705. The van der Waals surface area contributed by atoms with Crippen LogP contribution in [-0.2, 0) is 6.42 Å². The molecule has 1 aliphatic rings. The van der Waals surface area contributed by atoms with E-state index in [-0.39, 0.29) is 5.91 Å². The van der Waals surface area contributed by atoms with Crippen molar-refractivity contribution in [3.8, 4) is 11.5 Å². The summed E-state index contributed by atoms with van der Waals surface area (Å²) in [6, 6.07) is 13.2. The first-order chi connectivity index (χ1) is 10.7. The summed E-state index contributed by atoms with van der Waals surface area (Å²) in [4.78, 5) is 12.0. The summed E-state index contributed by atoms with van der Waals surface area (Å²) in [5, 5.41) is 2.92. The van der Waals surface area contributed by atoms with E-state index in [9.17, 15) is 4.79 Å². The van der Waals surface area contributed by atoms with Gasteiger partial charge in [-0.25, -0.2) is 0 Å². The molecule has 0 saturated carbocycles. The van der Waals surface area contributed by atoms with E-state index in [4.69, 9.17) is 9.47 Å². The maximum Gasteiger partial charge on any atom is 0.251 e. The molecule has 0 aromatic heterocycles. The monoisotopic (exact) mass is 361 g/mol. The Balaban J connectivity index is 1.56. The lowest BCUT2D eigenvalue weighted by Gasteiger charge is -2.18. The van der Waals surface area contributed by atoms with Gasteiger partial charge < -0.3 is 14.8 Å². The average molecular weight is 362 g/mol. The van der Waals surface area contributed by atoms with Gasteiger partial charge in [-0.1, -0.05) is 28.1 Å². The molecule has 0 unspecified atom stereocenters. The van der Waals surface area contributed by atoms with E-state index in [1.165, 1.54) is 0 Å². The molecule has 0 bridgehead atoms. The molecule has 5 heteroatoms. The first-order valence-corrected chi connectivity index (χ1v) is 7.94. The van der Waals surface area contributed by atoms with Crippen LogP contribution in [0.25, 0.3) is 0 Å². The number of halogens is 1. The number of carbonyl (C=O) groups excluding carboxylic acids is 1. The Morgan fingerprint density at radius 2 is 1.91 bits per heavy atom. The molecule has 4 nitrogen and oxygen atoms in total. The average Bonchev–Trinajstić information content (AvgIpc) is 2.54. The van der Waals surface area contributed by atoms with Crippen molar-refractivity contribution in [3.63, 3.8) is 0 Å². The molecule has 0 aliphatic carbocycles. The van der Waals surface area contributed by atoms with Gasteiger partial charge in [-0.2, -0.15) is 0 Å². The Hall–Kier alpha value is -2.01. The number of fused-ring (bicyclic) bond motifs is 1. The van der Waals surface area contributed by atoms with Crippen LogP contribution in [0.5, 0.6) is 11.5 Å². The largest absolute Gasteiger partial charge is 0.486 e. The zero-order valence-electron chi connectivity index (χ0n) is 12.0. The molecule has 1 heterocycles. The van der Waals surface area contributed by atoms with Gasteiger partial charge in [0.1, 0.15) is 13.2 Å². The molecule has 1 N–H and O–H groups in total. The number of benzene rings is 2. The van der Waals surface area contributed by atoms with Crippen LogP contribution in [0.4, 0.5) is 0 Å². The highest BCUT2D eigenvalue weighted by atomic mass is 79.9. The number of hydrogen-bond donors (Lipinski definition) is 1. The van der Waals surface area contributed by atoms with Gasteiger partial charge in [0, 0.05) is 16.6 Å². The molecule has 1 aliphatic heterocycles. The van der Waals surface area contributed by atoms with Gasteiger partial charge in [-0.15, -0.1) is 0 Å². The van der Waals surface area contributed by atoms with E-state index in [0.717, 1.165) is 28.0 Å². The fourth-order valence-electron chi connectivity index (χ4n) is 2.30. The summed E-state index contributed by atoms with van der Waals surface area (Å²) in [6.45, 7) is 1.75. The lowest BCUT2D eigenvalue weighted by atomic mass is 10.1. The molecular weight excluding hydrogens is 346 g/mol. The summed E-state index contributed by atoms with van der Waals surface area (Å²) < 4.78 is 11.9. The SMILES string of the molecule is O=C(NCCc1ccc2c(c1)OCCO2)c1cccc(Br)c1. The zero-order chi connectivity index (χ0) is 15.4. The number of amides is 1. The maximum absolute atomic E-state index is 12.0. The van der Waals surface area contributed by atoms with Crippen molar-refractivity contribution in [2.24, 2.45) is 0 Å². The van der Waals surface area contributed by atoms with E-state index in [0.29, 0.717) is 25.3 Å². The summed E-state index contributed by atoms with van der Waals surface area (Å²) in [5.41, 5.74) is 1.76. The fourth-order valence-corrected chi connectivity index (χ4v) is 2.69. The normalized spacial score (nSPS) is 12.8. The van der Waals surface area contributed by atoms with E-state index in [1.807, 2.05) is 30.3 Å². The molecule has 2 aromatic rings. The van der Waals surface area contributed by atoms with Crippen LogP contribution >= 0.6 is 15.9 Å². The van der Waals surface area contributed by atoms with Gasteiger partial charge in [0.15, 0.2) is 11.5 Å². The van der Waals surface area contributed by atoms with Crippen molar-refractivity contribution >= 4 is 21.8 Å². The third kappa shape index (κ3) is 3.60. The van der Waals surface area contributed by atoms with Crippen LogP contribution in [0.15, 0.2) is 46.9 Å². The van der Waals surface area contributed by atoms with E-state index < -0.39 is 0 Å². The molecule has 114 valence electrons. The number of nitrogens with one attached hydrogen (secondary N) is 1. The second kappa shape index (κ2) is 6.83. The summed E-state index contributed by atoms with van der Waals surface area (Å²) in [5.74, 6) is 1.49. The van der Waals surface area contributed by atoms with E-state index in [1.54, 1.807) is 12.1 Å². The van der Waals surface area contributed by atoms with Crippen LogP contribution in [0.2, 0.25) is 0 Å². The predicted molar refractivity (Wildman–Crippen MR) is 87.6 cm³/mol. The Bertz CT molecular complexity index is 687. The van der Waals surface area contributed by atoms with Crippen molar-refractivity contribution in [1.29, 1.82) is 0 Å². The third-order valence-corrected chi connectivity index (χ3v) is 3.89. The smallest absolute Gasteiger partial charge is 0.251 e. The number of rotatable bonds is 4. The number of hydrogen-bond acceptors (Lipinski definition) is 3. The Morgan fingerprint density at radius 1 is 1.09 bits per heavy atom. The lowest BCUT2D eigenvalue weighted by Crippen LogP contribution is -2.25. The highest BCUT2D eigenvalue weighted by Crippen LogP contribution is 2.30. The van der Waals surface area contributed by atoms with Gasteiger partial charge in [0.05, 0.1) is 0 Å². The molecule has 0 spiro atoms. The summed E-state index contributed by atoms with van der Waals surface area (Å²) in [7, 11) is 0. The molecule has 0 atom stereocenters. The molecule has 1 amide bonds. The molecule has 0 fully saturated rings. The van der Waals surface area contributed by atoms with E-state index in [2.05, 4.69) is 21.2 Å². The lowest BCUT2D eigenvalue weighted by molar-refractivity contribution is 0.0954. The quantitative estimate of drug-likeness (QED) is 0.909. The van der Waals surface area contributed by atoms with Crippen molar-refractivity contribution < 1.29 is 14.3 Å². The Kier molecular flexibility index (Phi) is 4.63. The van der Waals surface area contributed by atoms with Crippen LogP contribution in [0.3, 0.4) is 0 Å². The van der Waals surface area contributed by atoms with Crippen molar-refractivity contribution in [3.05, 3.63) is 58.1 Å². The maximum atomic E-state index is 12.0.